The number of aryl methyl sites for hydroxylation is 2. The number of nitrogens with one attached hydrogen (secondary N) is 2. The Morgan fingerprint density at radius 2 is 1.86 bits per heavy atom. The number of rotatable bonds is 6. The van der Waals surface area contributed by atoms with E-state index in [2.05, 4.69) is 16.0 Å². The minimum Gasteiger partial charge on any atom is -0.486 e. The molecule has 0 atom stereocenters. The van der Waals surface area contributed by atoms with Crippen molar-refractivity contribution in [3.63, 3.8) is 0 Å². The van der Waals surface area contributed by atoms with Gasteiger partial charge < -0.3 is 9.15 Å². The Labute approximate surface area is 162 Å². The molecule has 8 nitrogen and oxygen atoms in total. The molecule has 1 aromatic carbocycles. The largest absolute Gasteiger partial charge is 0.486 e. The first-order valence-electron chi connectivity index (χ1n) is 8.79. The lowest BCUT2D eigenvalue weighted by molar-refractivity contribution is -0.121. The predicted octanol–water partition coefficient (Wildman–Crippen LogP) is 2.21. The monoisotopic (exact) mass is 382 g/mol. The lowest BCUT2D eigenvalue weighted by Gasteiger charge is -2.06. The highest BCUT2D eigenvalue weighted by molar-refractivity contribution is 5.93. The topological polar surface area (TPSA) is 98.4 Å². The zero-order chi connectivity index (χ0) is 20.1. The molecule has 0 aliphatic heterocycles. The summed E-state index contributed by atoms with van der Waals surface area (Å²) < 4.78 is 12.7. The van der Waals surface area contributed by atoms with Gasteiger partial charge in [-0.1, -0.05) is 18.2 Å². The van der Waals surface area contributed by atoms with Gasteiger partial charge in [0.2, 0.25) is 5.91 Å². The number of carbonyl (C=O) groups excluding carboxylic acids is 2. The fraction of sp³-hybridized carbons (Fsp3) is 0.250. The van der Waals surface area contributed by atoms with E-state index in [1.807, 2.05) is 51.2 Å². The van der Waals surface area contributed by atoms with E-state index < -0.39 is 5.91 Å². The average molecular weight is 382 g/mol. The molecule has 0 bridgehead atoms. The summed E-state index contributed by atoms with van der Waals surface area (Å²) in [6.07, 6.45) is 0.125. The fourth-order valence-electron chi connectivity index (χ4n) is 2.71. The van der Waals surface area contributed by atoms with E-state index in [4.69, 9.17) is 9.15 Å². The number of ether oxygens (including phenoxy) is 1. The SMILES string of the molecule is Cc1nn(C)c(C)c1CC(=O)NNC(=O)c1ccc(COc2ccccc2)o1. The summed E-state index contributed by atoms with van der Waals surface area (Å²) >= 11 is 0. The van der Waals surface area contributed by atoms with Gasteiger partial charge in [0.15, 0.2) is 5.76 Å². The molecule has 0 aliphatic rings. The molecule has 2 aromatic heterocycles. The molecule has 146 valence electrons. The Kier molecular flexibility index (Phi) is 5.78. The van der Waals surface area contributed by atoms with E-state index in [9.17, 15) is 9.59 Å². The third-order valence-corrected chi connectivity index (χ3v) is 4.32. The molecule has 3 aromatic rings. The van der Waals surface area contributed by atoms with Gasteiger partial charge in [0, 0.05) is 18.3 Å². The number of amides is 2. The Hall–Kier alpha value is -3.55. The van der Waals surface area contributed by atoms with Crippen molar-refractivity contribution in [2.24, 2.45) is 7.05 Å². The molecular formula is C20H22N4O4. The van der Waals surface area contributed by atoms with Crippen LogP contribution in [0.2, 0.25) is 0 Å². The first-order chi connectivity index (χ1) is 13.4. The predicted molar refractivity (Wildman–Crippen MR) is 101 cm³/mol. The maximum atomic E-state index is 12.2. The molecule has 0 unspecified atom stereocenters. The van der Waals surface area contributed by atoms with Gasteiger partial charge in [-0.2, -0.15) is 5.10 Å². The second-order valence-corrected chi connectivity index (χ2v) is 6.32. The molecule has 3 rings (SSSR count). The summed E-state index contributed by atoms with van der Waals surface area (Å²) in [5.41, 5.74) is 7.28. The van der Waals surface area contributed by atoms with E-state index in [1.54, 1.807) is 10.7 Å². The number of benzene rings is 1. The summed E-state index contributed by atoms with van der Waals surface area (Å²) in [6, 6.07) is 12.5. The van der Waals surface area contributed by atoms with Gasteiger partial charge in [-0.05, 0) is 38.1 Å². The molecule has 0 saturated carbocycles. The Bertz CT molecular complexity index is 976. The van der Waals surface area contributed by atoms with Crippen molar-refractivity contribution in [3.8, 4) is 5.75 Å². The molecule has 0 spiro atoms. The molecule has 0 fully saturated rings. The van der Waals surface area contributed by atoms with Crippen LogP contribution in [0.25, 0.3) is 0 Å². The van der Waals surface area contributed by atoms with Gasteiger partial charge >= 0.3 is 5.91 Å². The maximum Gasteiger partial charge on any atom is 0.305 e. The second kappa shape index (κ2) is 8.43. The highest BCUT2D eigenvalue weighted by Crippen LogP contribution is 2.14. The van der Waals surface area contributed by atoms with Crippen LogP contribution in [-0.4, -0.2) is 21.6 Å². The third kappa shape index (κ3) is 4.59. The van der Waals surface area contributed by atoms with E-state index >= 15 is 0 Å². The minimum absolute atomic E-state index is 0.0840. The van der Waals surface area contributed by atoms with Crippen LogP contribution in [0.1, 0.15) is 33.3 Å². The van der Waals surface area contributed by atoms with Crippen molar-refractivity contribution in [1.29, 1.82) is 0 Å². The number of hydrazine groups is 1. The van der Waals surface area contributed by atoms with Crippen molar-refractivity contribution < 1.29 is 18.7 Å². The normalized spacial score (nSPS) is 10.5. The highest BCUT2D eigenvalue weighted by atomic mass is 16.5. The van der Waals surface area contributed by atoms with Crippen molar-refractivity contribution in [2.75, 3.05) is 0 Å². The van der Waals surface area contributed by atoms with Gasteiger partial charge in [0.1, 0.15) is 18.1 Å². The van der Waals surface area contributed by atoms with E-state index in [-0.39, 0.29) is 24.7 Å². The molecule has 0 aliphatic carbocycles. The van der Waals surface area contributed by atoms with E-state index in [0.717, 1.165) is 17.0 Å². The molecule has 28 heavy (non-hydrogen) atoms. The molecule has 2 N–H and O–H groups in total. The first-order valence-corrected chi connectivity index (χ1v) is 8.79. The molecule has 2 heterocycles. The van der Waals surface area contributed by atoms with Gasteiger partial charge in [0.25, 0.3) is 0 Å². The van der Waals surface area contributed by atoms with Crippen LogP contribution >= 0.6 is 0 Å². The number of nitrogens with zero attached hydrogens (tertiary/aromatic N) is 2. The quantitative estimate of drug-likeness (QED) is 0.637. The Morgan fingerprint density at radius 1 is 1.11 bits per heavy atom. The van der Waals surface area contributed by atoms with Gasteiger partial charge in [0.05, 0.1) is 12.1 Å². The van der Waals surface area contributed by atoms with E-state index in [1.165, 1.54) is 6.07 Å². The first kappa shape index (κ1) is 19.2. The second-order valence-electron chi connectivity index (χ2n) is 6.32. The molecule has 0 saturated heterocycles. The van der Waals surface area contributed by atoms with Crippen LogP contribution in [0.4, 0.5) is 0 Å². The Balaban J connectivity index is 1.49. The smallest absolute Gasteiger partial charge is 0.305 e. The summed E-state index contributed by atoms with van der Waals surface area (Å²) in [7, 11) is 1.82. The molecule has 8 heteroatoms. The Morgan fingerprint density at radius 3 is 2.54 bits per heavy atom. The molecule has 2 amide bonds. The standard InChI is InChI=1S/C20H22N4O4/c1-13-17(14(2)24(3)23-13)11-19(25)21-22-20(26)18-10-9-16(28-18)12-27-15-7-5-4-6-8-15/h4-10H,11-12H2,1-3H3,(H,21,25)(H,22,26). The number of furan rings is 1. The lowest BCUT2D eigenvalue weighted by Crippen LogP contribution is -2.42. The van der Waals surface area contributed by atoms with Crippen LogP contribution in [-0.2, 0) is 24.9 Å². The summed E-state index contributed by atoms with van der Waals surface area (Å²) in [6.45, 7) is 3.93. The van der Waals surface area contributed by atoms with Gasteiger partial charge in [-0.25, -0.2) is 0 Å². The van der Waals surface area contributed by atoms with Crippen LogP contribution in [0.5, 0.6) is 5.75 Å². The van der Waals surface area contributed by atoms with Crippen molar-refractivity contribution in [3.05, 3.63) is 70.9 Å². The maximum absolute atomic E-state index is 12.2. The molecule has 0 radical (unpaired) electrons. The third-order valence-electron chi connectivity index (χ3n) is 4.32. The molecular weight excluding hydrogens is 360 g/mol. The average Bonchev–Trinajstić information content (AvgIpc) is 3.26. The summed E-state index contributed by atoms with van der Waals surface area (Å²) in [5.74, 6) is 0.409. The van der Waals surface area contributed by atoms with Crippen molar-refractivity contribution in [2.45, 2.75) is 26.9 Å². The highest BCUT2D eigenvalue weighted by Gasteiger charge is 2.16. The lowest BCUT2D eigenvalue weighted by atomic mass is 10.1. The number of hydrogen-bond acceptors (Lipinski definition) is 5. The zero-order valence-electron chi connectivity index (χ0n) is 16.0. The number of aromatic nitrogens is 2. The van der Waals surface area contributed by atoms with E-state index in [0.29, 0.717) is 11.5 Å². The number of carbonyl (C=O) groups is 2. The van der Waals surface area contributed by atoms with Crippen molar-refractivity contribution >= 4 is 11.8 Å². The fourth-order valence-corrected chi connectivity index (χ4v) is 2.71. The van der Waals surface area contributed by atoms with Crippen molar-refractivity contribution in [1.82, 2.24) is 20.6 Å². The summed E-state index contributed by atoms with van der Waals surface area (Å²) in [5, 5.41) is 4.27. The van der Waals surface area contributed by atoms with Crippen LogP contribution in [0.3, 0.4) is 0 Å². The van der Waals surface area contributed by atoms with Gasteiger partial charge in [-0.3, -0.25) is 25.1 Å². The van der Waals surface area contributed by atoms with Crippen LogP contribution in [0.15, 0.2) is 46.9 Å². The van der Waals surface area contributed by atoms with Gasteiger partial charge in [-0.15, -0.1) is 0 Å². The summed E-state index contributed by atoms with van der Waals surface area (Å²) in [4.78, 5) is 24.3. The van der Waals surface area contributed by atoms with Crippen LogP contribution in [0, 0.1) is 13.8 Å². The number of hydrogen-bond donors (Lipinski definition) is 2. The van der Waals surface area contributed by atoms with Crippen LogP contribution < -0.4 is 15.6 Å². The minimum atomic E-state index is -0.543. The zero-order valence-corrected chi connectivity index (χ0v) is 16.0. The number of para-hydroxylation sites is 1.